The minimum absolute atomic E-state index is 0.550. The first-order valence-electron chi connectivity index (χ1n) is 4.23. The fourth-order valence-electron chi connectivity index (χ4n) is 1.25. The van der Waals surface area contributed by atoms with Crippen LogP contribution >= 0.6 is 11.6 Å². The van der Waals surface area contributed by atoms with Gasteiger partial charge in [-0.3, -0.25) is 0 Å². The van der Waals surface area contributed by atoms with E-state index in [-0.39, 0.29) is 0 Å². The van der Waals surface area contributed by atoms with Crippen molar-refractivity contribution in [3.63, 3.8) is 0 Å². The van der Waals surface area contributed by atoms with E-state index in [2.05, 4.69) is 10.3 Å². The molecule has 0 aliphatic heterocycles. The van der Waals surface area contributed by atoms with Crippen molar-refractivity contribution >= 4 is 17.3 Å². The summed E-state index contributed by atoms with van der Waals surface area (Å²) in [5, 5.41) is 3.93. The summed E-state index contributed by atoms with van der Waals surface area (Å²) in [6, 6.07) is 4.43. The van der Waals surface area contributed by atoms with E-state index in [0.717, 1.165) is 5.69 Å². The maximum atomic E-state index is 5.66. The third-order valence-electron chi connectivity index (χ3n) is 2.20. The Labute approximate surface area is 77.0 Å². The van der Waals surface area contributed by atoms with Crippen molar-refractivity contribution < 1.29 is 0 Å². The van der Waals surface area contributed by atoms with E-state index in [0.29, 0.717) is 11.2 Å². The Kier molecular flexibility index (Phi) is 2.17. The molecule has 0 saturated heterocycles. The number of nitrogens with one attached hydrogen (secondary N) is 1. The van der Waals surface area contributed by atoms with Gasteiger partial charge in [-0.1, -0.05) is 11.6 Å². The maximum Gasteiger partial charge on any atom is 0.129 e. The van der Waals surface area contributed by atoms with Crippen molar-refractivity contribution in [3.8, 4) is 0 Å². The molecule has 0 bridgehead atoms. The average Bonchev–Trinajstić information content (AvgIpc) is 2.00. The molecule has 1 heterocycles. The zero-order valence-corrected chi connectivity index (χ0v) is 7.51. The molecule has 1 aliphatic rings. The molecule has 12 heavy (non-hydrogen) atoms. The minimum Gasteiger partial charge on any atom is -0.381 e. The molecule has 3 heteroatoms. The second kappa shape index (κ2) is 3.31. The summed E-state index contributed by atoms with van der Waals surface area (Å²) in [6.07, 6.45) is 5.69. The summed E-state index contributed by atoms with van der Waals surface area (Å²) in [5.41, 5.74) is 1.07. The molecule has 0 spiro atoms. The molecule has 0 radical (unpaired) electrons. The third-order valence-corrected chi connectivity index (χ3v) is 2.43. The zero-order chi connectivity index (χ0) is 8.39. The Balaban J connectivity index is 1.98. The first-order chi connectivity index (χ1) is 5.84. The monoisotopic (exact) mass is 182 g/mol. The van der Waals surface area contributed by atoms with Crippen molar-refractivity contribution in [2.45, 2.75) is 25.3 Å². The molecular formula is C9H11ClN2. The summed E-state index contributed by atoms with van der Waals surface area (Å²) in [4.78, 5) is 3.99. The summed E-state index contributed by atoms with van der Waals surface area (Å²) < 4.78 is 0. The van der Waals surface area contributed by atoms with Crippen molar-refractivity contribution in [3.05, 3.63) is 23.5 Å². The number of halogens is 1. The molecular weight excluding hydrogens is 172 g/mol. The lowest BCUT2D eigenvalue weighted by molar-refractivity contribution is 0.445. The first kappa shape index (κ1) is 7.87. The molecule has 1 N–H and O–H groups in total. The Morgan fingerprint density at radius 1 is 1.42 bits per heavy atom. The molecule has 1 aromatic heterocycles. The predicted molar refractivity (Wildman–Crippen MR) is 50.5 cm³/mol. The van der Waals surface area contributed by atoms with Gasteiger partial charge in [-0.15, -0.1) is 0 Å². The van der Waals surface area contributed by atoms with E-state index in [4.69, 9.17) is 11.6 Å². The molecule has 0 aromatic carbocycles. The number of aromatic nitrogens is 1. The number of nitrogens with zero attached hydrogens (tertiary/aromatic N) is 1. The van der Waals surface area contributed by atoms with Gasteiger partial charge in [0.1, 0.15) is 5.15 Å². The van der Waals surface area contributed by atoms with Crippen LogP contribution in [0.3, 0.4) is 0 Å². The molecule has 0 amide bonds. The minimum atomic E-state index is 0.550. The van der Waals surface area contributed by atoms with Crippen molar-refractivity contribution in [1.29, 1.82) is 0 Å². The van der Waals surface area contributed by atoms with E-state index >= 15 is 0 Å². The summed E-state index contributed by atoms with van der Waals surface area (Å²) in [7, 11) is 0. The largest absolute Gasteiger partial charge is 0.381 e. The Bertz CT molecular complexity index is 254. The highest BCUT2D eigenvalue weighted by molar-refractivity contribution is 6.29. The van der Waals surface area contributed by atoms with Crippen LogP contribution in [0.25, 0.3) is 0 Å². The van der Waals surface area contributed by atoms with Crippen LogP contribution in [0.5, 0.6) is 0 Å². The Morgan fingerprint density at radius 3 is 2.75 bits per heavy atom. The van der Waals surface area contributed by atoms with E-state index in [1.54, 1.807) is 6.20 Å². The first-order valence-corrected chi connectivity index (χ1v) is 4.60. The number of hydrogen-bond donors (Lipinski definition) is 1. The van der Waals surface area contributed by atoms with Gasteiger partial charge in [0.25, 0.3) is 0 Å². The Morgan fingerprint density at radius 2 is 2.25 bits per heavy atom. The standard InChI is InChI=1S/C9H11ClN2/c10-9-5-4-8(6-11-9)12-7-2-1-3-7/h4-7,12H,1-3H2. The maximum absolute atomic E-state index is 5.66. The van der Waals surface area contributed by atoms with E-state index in [1.165, 1.54) is 19.3 Å². The number of hydrogen-bond acceptors (Lipinski definition) is 2. The van der Waals surface area contributed by atoms with Gasteiger partial charge in [0.05, 0.1) is 11.9 Å². The second-order valence-corrected chi connectivity index (χ2v) is 3.53. The van der Waals surface area contributed by atoms with Crippen LogP contribution in [0.1, 0.15) is 19.3 Å². The molecule has 0 unspecified atom stereocenters. The van der Waals surface area contributed by atoms with Gasteiger partial charge in [0, 0.05) is 6.04 Å². The fourth-order valence-corrected chi connectivity index (χ4v) is 1.36. The SMILES string of the molecule is Clc1ccc(NC2CCC2)cn1. The number of pyridine rings is 1. The number of rotatable bonds is 2. The lowest BCUT2D eigenvalue weighted by atomic mass is 9.93. The van der Waals surface area contributed by atoms with Gasteiger partial charge < -0.3 is 5.32 Å². The van der Waals surface area contributed by atoms with Crippen LogP contribution in [0, 0.1) is 0 Å². The molecule has 64 valence electrons. The van der Waals surface area contributed by atoms with Gasteiger partial charge >= 0.3 is 0 Å². The lowest BCUT2D eigenvalue weighted by Gasteiger charge is -2.27. The van der Waals surface area contributed by atoms with Crippen molar-refractivity contribution in [2.75, 3.05) is 5.32 Å². The van der Waals surface area contributed by atoms with Crippen LogP contribution in [0.4, 0.5) is 5.69 Å². The topological polar surface area (TPSA) is 24.9 Å². The number of anilines is 1. The smallest absolute Gasteiger partial charge is 0.129 e. The zero-order valence-electron chi connectivity index (χ0n) is 6.76. The lowest BCUT2D eigenvalue weighted by Crippen LogP contribution is -2.26. The van der Waals surface area contributed by atoms with Gasteiger partial charge in [-0.05, 0) is 31.4 Å². The summed E-state index contributed by atoms with van der Waals surface area (Å²) in [6.45, 7) is 0. The van der Waals surface area contributed by atoms with Gasteiger partial charge in [-0.25, -0.2) is 4.98 Å². The summed E-state index contributed by atoms with van der Waals surface area (Å²) >= 11 is 5.66. The molecule has 0 atom stereocenters. The van der Waals surface area contributed by atoms with Crippen LogP contribution in [0.15, 0.2) is 18.3 Å². The highest BCUT2D eigenvalue weighted by Gasteiger charge is 2.16. The van der Waals surface area contributed by atoms with Crippen LogP contribution in [0.2, 0.25) is 5.15 Å². The van der Waals surface area contributed by atoms with Crippen LogP contribution in [-0.4, -0.2) is 11.0 Å². The molecule has 1 aliphatic carbocycles. The average molecular weight is 183 g/mol. The van der Waals surface area contributed by atoms with Gasteiger partial charge in [-0.2, -0.15) is 0 Å². The Hall–Kier alpha value is -0.760. The predicted octanol–water partition coefficient (Wildman–Crippen LogP) is 2.70. The van der Waals surface area contributed by atoms with E-state index in [1.807, 2.05) is 12.1 Å². The molecule has 2 rings (SSSR count). The molecule has 2 nitrogen and oxygen atoms in total. The van der Waals surface area contributed by atoms with E-state index < -0.39 is 0 Å². The third kappa shape index (κ3) is 1.69. The van der Waals surface area contributed by atoms with Gasteiger partial charge in [0.15, 0.2) is 0 Å². The highest BCUT2D eigenvalue weighted by Crippen LogP contribution is 2.22. The second-order valence-electron chi connectivity index (χ2n) is 3.14. The molecule has 1 fully saturated rings. The van der Waals surface area contributed by atoms with E-state index in [9.17, 15) is 0 Å². The fraction of sp³-hybridized carbons (Fsp3) is 0.444. The van der Waals surface area contributed by atoms with Crippen molar-refractivity contribution in [2.24, 2.45) is 0 Å². The van der Waals surface area contributed by atoms with Crippen LogP contribution in [-0.2, 0) is 0 Å². The normalized spacial score (nSPS) is 17.1. The molecule has 1 saturated carbocycles. The molecule has 1 aromatic rings. The van der Waals surface area contributed by atoms with Crippen LogP contribution < -0.4 is 5.32 Å². The summed E-state index contributed by atoms with van der Waals surface area (Å²) in [5.74, 6) is 0. The quantitative estimate of drug-likeness (QED) is 0.712. The highest BCUT2D eigenvalue weighted by atomic mass is 35.5. The van der Waals surface area contributed by atoms with Crippen molar-refractivity contribution in [1.82, 2.24) is 4.98 Å². The van der Waals surface area contributed by atoms with Gasteiger partial charge in [0.2, 0.25) is 0 Å².